The molecule has 5 nitrogen and oxygen atoms in total. The minimum atomic E-state index is -3.58. The molecule has 2 heterocycles. The van der Waals surface area contributed by atoms with Gasteiger partial charge in [0, 0.05) is 15.9 Å². The number of hydrogen-bond acceptors (Lipinski definition) is 5. The second-order valence-electron chi connectivity index (χ2n) is 4.37. The molecule has 0 saturated heterocycles. The third-order valence-corrected chi connectivity index (χ3v) is 6.48. The van der Waals surface area contributed by atoms with Gasteiger partial charge in [-0.25, -0.2) is 13.4 Å². The molecule has 0 unspecified atom stereocenters. The van der Waals surface area contributed by atoms with Crippen LogP contribution >= 0.6 is 27.3 Å². The topological polar surface area (TPSA) is 71.1 Å². The molecule has 2 aromatic heterocycles. The average molecular weight is 390 g/mol. The summed E-state index contributed by atoms with van der Waals surface area (Å²) in [5.41, 5.74) is 0.731. The van der Waals surface area contributed by atoms with Crippen LogP contribution in [0.25, 0.3) is 0 Å². The third-order valence-electron chi connectivity index (χ3n) is 2.71. The maximum Gasteiger partial charge on any atom is 0.272 e. The molecule has 0 aliphatic rings. The fraction of sp³-hybridized carbons (Fsp3) is 0.308. The summed E-state index contributed by atoms with van der Waals surface area (Å²) in [6, 6.07) is 6.83. The second-order valence-corrected chi connectivity index (χ2v) is 8.30. The lowest BCUT2D eigenvalue weighted by atomic mass is 10.4. The van der Waals surface area contributed by atoms with Gasteiger partial charge in [-0.2, -0.15) is 0 Å². The number of sulfonamides is 1. The highest BCUT2D eigenvalue weighted by molar-refractivity contribution is 9.10. The highest BCUT2D eigenvalue weighted by Crippen LogP contribution is 2.24. The van der Waals surface area contributed by atoms with Gasteiger partial charge in [0.05, 0.1) is 5.69 Å². The van der Waals surface area contributed by atoms with Crippen molar-refractivity contribution in [1.82, 2.24) is 10.3 Å². The quantitative estimate of drug-likeness (QED) is 0.795. The van der Waals surface area contributed by atoms with E-state index in [9.17, 15) is 8.42 Å². The summed E-state index contributed by atoms with van der Waals surface area (Å²) in [6.45, 7) is 5.34. The van der Waals surface area contributed by atoms with E-state index in [1.54, 1.807) is 18.2 Å². The van der Waals surface area contributed by atoms with Crippen LogP contribution in [0.3, 0.4) is 0 Å². The van der Waals surface area contributed by atoms with E-state index in [1.807, 2.05) is 19.9 Å². The Hall–Kier alpha value is -0.960. The highest BCUT2D eigenvalue weighted by atomic mass is 79.9. The Labute approximate surface area is 137 Å². The number of nitrogens with zero attached hydrogens (tertiary/aromatic N) is 1. The number of aromatic nitrogens is 1. The first kappa shape index (κ1) is 16.4. The highest BCUT2D eigenvalue weighted by Gasteiger charge is 2.17. The Kier molecular flexibility index (Phi) is 5.37. The van der Waals surface area contributed by atoms with Crippen molar-refractivity contribution >= 4 is 43.1 Å². The van der Waals surface area contributed by atoms with E-state index in [4.69, 9.17) is 0 Å². The van der Waals surface area contributed by atoms with Gasteiger partial charge in [0.2, 0.25) is 0 Å². The number of rotatable bonds is 6. The third kappa shape index (κ3) is 4.26. The zero-order valence-electron chi connectivity index (χ0n) is 11.7. The molecule has 0 aliphatic carbocycles. The molecule has 2 rings (SSSR count). The zero-order chi connectivity index (χ0) is 15.5. The van der Waals surface area contributed by atoms with Gasteiger partial charge >= 0.3 is 0 Å². The van der Waals surface area contributed by atoms with Gasteiger partial charge in [-0.1, -0.05) is 6.92 Å². The first-order valence-corrected chi connectivity index (χ1v) is 9.47. The van der Waals surface area contributed by atoms with Gasteiger partial charge in [0.15, 0.2) is 0 Å². The molecule has 21 heavy (non-hydrogen) atoms. The number of nitrogens with one attached hydrogen (secondary N) is 2. The first-order chi connectivity index (χ1) is 9.92. The molecule has 0 aromatic carbocycles. The van der Waals surface area contributed by atoms with Crippen LogP contribution in [0.4, 0.5) is 5.82 Å². The molecule has 114 valence electrons. The molecule has 8 heteroatoms. The molecule has 0 bridgehead atoms. The molecule has 0 spiro atoms. The van der Waals surface area contributed by atoms with Crippen molar-refractivity contribution in [2.75, 3.05) is 11.3 Å². The lowest BCUT2D eigenvalue weighted by Gasteiger charge is -2.06. The lowest BCUT2D eigenvalue weighted by molar-refractivity contribution is 0.603. The summed E-state index contributed by atoms with van der Waals surface area (Å²) in [6.07, 6.45) is 0. The average Bonchev–Trinajstić information content (AvgIpc) is 2.90. The van der Waals surface area contributed by atoms with Crippen LogP contribution < -0.4 is 10.0 Å². The normalized spacial score (nSPS) is 11.6. The minimum absolute atomic E-state index is 0.290. The van der Waals surface area contributed by atoms with Crippen molar-refractivity contribution in [3.8, 4) is 0 Å². The van der Waals surface area contributed by atoms with Crippen LogP contribution in [0.1, 0.15) is 17.5 Å². The van der Waals surface area contributed by atoms with E-state index in [0.29, 0.717) is 12.4 Å². The molecule has 0 amide bonds. The van der Waals surface area contributed by atoms with Crippen LogP contribution in [-0.4, -0.2) is 19.9 Å². The van der Waals surface area contributed by atoms with Crippen LogP contribution in [0.5, 0.6) is 0 Å². The smallest absolute Gasteiger partial charge is 0.272 e. The zero-order valence-corrected chi connectivity index (χ0v) is 14.9. The van der Waals surface area contributed by atoms with Crippen molar-refractivity contribution in [3.63, 3.8) is 0 Å². The number of pyridine rings is 1. The van der Waals surface area contributed by atoms with Gasteiger partial charge in [-0.05, 0) is 53.7 Å². The summed E-state index contributed by atoms with van der Waals surface area (Å²) in [5, 5.41) is 3.17. The molecule has 0 saturated carbocycles. The number of aryl methyl sites for hydroxylation is 1. The van der Waals surface area contributed by atoms with E-state index in [-0.39, 0.29) is 4.21 Å². The van der Waals surface area contributed by atoms with Crippen molar-refractivity contribution in [2.24, 2.45) is 0 Å². The Morgan fingerprint density at radius 3 is 2.71 bits per heavy atom. The SMILES string of the molecule is CCNCc1ccc(S(=O)(=O)Nc2ccc(Br)c(C)n2)s1. The fourth-order valence-electron chi connectivity index (χ4n) is 1.63. The van der Waals surface area contributed by atoms with Crippen molar-refractivity contribution in [1.29, 1.82) is 0 Å². The van der Waals surface area contributed by atoms with Crippen LogP contribution in [0, 0.1) is 6.92 Å². The van der Waals surface area contributed by atoms with Crippen LogP contribution in [0.2, 0.25) is 0 Å². The number of thiophene rings is 1. The van der Waals surface area contributed by atoms with Crippen LogP contribution in [-0.2, 0) is 16.6 Å². The van der Waals surface area contributed by atoms with Crippen molar-refractivity contribution in [2.45, 2.75) is 24.6 Å². The first-order valence-electron chi connectivity index (χ1n) is 6.38. The summed E-state index contributed by atoms with van der Waals surface area (Å²) in [4.78, 5) is 5.18. The molecule has 0 fully saturated rings. The molecule has 0 atom stereocenters. The summed E-state index contributed by atoms with van der Waals surface area (Å²) < 4.78 is 28.3. The predicted octanol–water partition coefficient (Wildman–Crippen LogP) is 3.12. The van der Waals surface area contributed by atoms with Crippen molar-refractivity contribution < 1.29 is 8.42 Å². The Morgan fingerprint density at radius 1 is 1.29 bits per heavy atom. The molecule has 0 aliphatic heterocycles. The lowest BCUT2D eigenvalue weighted by Crippen LogP contribution is -2.13. The number of anilines is 1. The van der Waals surface area contributed by atoms with Gasteiger partial charge < -0.3 is 5.32 Å². The molecule has 0 radical (unpaired) electrons. The van der Waals surface area contributed by atoms with Crippen LogP contribution in [0.15, 0.2) is 32.9 Å². The van der Waals surface area contributed by atoms with E-state index >= 15 is 0 Å². The van der Waals surface area contributed by atoms with E-state index < -0.39 is 10.0 Å². The summed E-state index contributed by atoms with van der Waals surface area (Å²) in [7, 11) is -3.58. The molecular weight excluding hydrogens is 374 g/mol. The Bertz CT molecular complexity index is 729. The number of halogens is 1. The van der Waals surface area contributed by atoms with E-state index in [0.717, 1.165) is 21.6 Å². The van der Waals surface area contributed by atoms with Gasteiger partial charge in [-0.15, -0.1) is 11.3 Å². The molecule has 2 aromatic rings. The van der Waals surface area contributed by atoms with Gasteiger partial charge in [-0.3, -0.25) is 4.72 Å². The van der Waals surface area contributed by atoms with Gasteiger partial charge in [0.1, 0.15) is 10.0 Å². The fourth-order valence-corrected chi connectivity index (χ4v) is 4.18. The Morgan fingerprint density at radius 2 is 2.05 bits per heavy atom. The van der Waals surface area contributed by atoms with E-state index in [2.05, 4.69) is 31.0 Å². The maximum absolute atomic E-state index is 12.3. The molecule has 2 N–H and O–H groups in total. The van der Waals surface area contributed by atoms with E-state index in [1.165, 1.54) is 11.3 Å². The second kappa shape index (κ2) is 6.87. The standard InChI is InChI=1S/C13H16BrN3O2S2/c1-3-15-8-10-4-7-13(20-10)21(18,19)17-12-6-5-11(14)9(2)16-12/h4-7,15H,3,8H2,1-2H3,(H,16,17). The summed E-state index contributed by atoms with van der Waals surface area (Å²) >= 11 is 4.59. The van der Waals surface area contributed by atoms with Gasteiger partial charge in [0.25, 0.3) is 10.0 Å². The largest absolute Gasteiger partial charge is 0.312 e. The number of hydrogen-bond donors (Lipinski definition) is 2. The monoisotopic (exact) mass is 389 g/mol. The minimum Gasteiger partial charge on any atom is -0.312 e. The Balaban J connectivity index is 2.17. The predicted molar refractivity (Wildman–Crippen MR) is 89.2 cm³/mol. The summed E-state index contributed by atoms with van der Waals surface area (Å²) in [5.74, 6) is 0.317. The van der Waals surface area contributed by atoms with Crippen molar-refractivity contribution in [3.05, 3.63) is 39.3 Å². The molecular formula is C13H16BrN3O2S2. The maximum atomic E-state index is 12.3.